The van der Waals surface area contributed by atoms with E-state index in [2.05, 4.69) is 71.4 Å². The molecule has 0 N–H and O–H groups in total. The summed E-state index contributed by atoms with van der Waals surface area (Å²) >= 11 is 3.74. The molecular formula is C15H15Br. The van der Waals surface area contributed by atoms with Gasteiger partial charge in [0.1, 0.15) is 0 Å². The van der Waals surface area contributed by atoms with Crippen molar-refractivity contribution in [2.24, 2.45) is 0 Å². The van der Waals surface area contributed by atoms with Gasteiger partial charge < -0.3 is 0 Å². The van der Waals surface area contributed by atoms with Crippen molar-refractivity contribution in [3.05, 3.63) is 71.3 Å². The molecule has 0 heterocycles. The molecule has 2 aromatic carbocycles. The molecule has 0 aliphatic carbocycles. The highest BCUT2D eigenvalue weighted by Gasteiger charge is 2.08. The molecule has 0 fully saturated rings. The predicted molar refractivity (Wildman–Crippen MR) is 73.0 cm³/mol. The summed E-state index contributed by atoms with van der Waals surface area (Å²) in [5, 5.41) is 0. The van der Waals surface area contributed by atoms with E-state index in [-0.39, 0.29) is 0 Å². The molecule has 1 heteroatoms. The molecule has 2 aromatic rings. The monoisotopic (exact) mass is 274 g/mol. The van der Waals surface area contributed by atoms with E-state index in [1.54, 1.807) is 0 Å². The van der Waals surface area contributed by atoms with Crippen molar-refractivity contribution in [2.45, 2.75) is 18.2 Å². The fourth-order valence-electron chi connectivity index (χ4n) is 1.74. The predicted octanol–water partition coefficient (Wildman–Crippen LogP) is 4.73. The van der Waals surface area contributed by atoms with Gasteiger partial charge in [0.05, 0.1) is 4.83 Å². The molecule has 0 aromatic heterocycles. The van der Waals surface area contributed by atoms with E-state index in [0.717, 1.165) is 6.42 Å². The van der Waals surface area contributed by atoms with Crippen LogP contribution in [0.5, 0.6) is 0 Å². The van der Waals surface area contributed by atoms with Crippen molar-refractivity contribution >= 4 is 15.9 Å². The summed E-state index contributed by atoms with van der Waals surface area (Å²) in [6.45, 7) is 2.18. The zero-order valence-electron chi connectivity index (χ0n) is 9.36. The van der Waals surface area contributed by atoms with E-state index in [1.165, 1.54) is 16.7 Å². The van der Waals surface area contributed by atoms with Crippen molar-refractivity contribution < 1.29 is 0 Å². The number of aryl methyl sites for hydroxylation is 1. The summed E-state index contributed by atoms with van der Waals surface area (Å²) in [5.41, 5.74) is 3.99. The van der Waals surface area contributed by atoms with E-state index in [0.29, 0.717) is 4.83 Å². The molecule has 0 radical (unpaired) electrons. The molecule has 16 heavy (non-hydrogen) atoms. The zero-order valence-corrected chi connectivity index (χ0v) is 10.9. The van der Waals surface area contributed by atoms with Crippen LogP contribution in [-0.4, -0.2) is 0 Å². The number of rotatable bonds is 3. The maximum Gasteiger partial charge on any atom is 0.0644 e. The molecule has 1 unspecified atom stereocenters. The molecule has 0 spiro atoms. The molecule has 0 aliphatic rings. The summed E-state index contributed by atoms with van der Waals surface area (Å²) in [4.78, 5) is 0.291. The van der Waals surface area contributed by atoms with Gasteiger partial charge in [0, 0.05) is 0 Å². The number of hydrogen-bond acceptors (Lipinski definition) is 0. The van der Waals surface area contributed by atoms with Gasteiger partial charge in [-0.05, 0) is 23.1 Å². The maximum atomic E-state index is 3.74. The van der Waals surface area contributed by atoms with E-state index in [9.17, 15) is 0 Å². The van der Waals surface area contributed by atoms with Crippen molar-refractivity contribution in [3.63, 3.8) is 0 Å². The summed E-state index contributed by atoms with van der Waals surface area (Å²) in [7, 11) is 0. The average Bonchev–Trinajstić information content (AvgIpc) is 2.39. The van der Waals surface area contributed by atoms with Crippen molar-refractivity contribution in [2.75, 3.05) is 0 Å². The van der Waals surface area contributed by atoms with Gasteiger partial charge in [0.25, 0.3) is 0 Å². The van der Waals surface area contributed by atoms with Gasteiger partial charge in [-0.3, -0.25) is 0 Å². The third-order valence-electron chi connectivity index (χ3n) is 2.77. The Hall–Kier alpha value is -1.08. The molecular weight excluding hydrogens is 260 g/mol. The van der Waals surface area contributed by atoms with Crippen LogP contribution in [0.1, 0.15) is 28.4 Å². The number of alkyl halides is 1. The zero-order chi connectivity index (χ0) is 11.4. The van der Waals surface area contributed by atoms with Gasteiger partial charge in [0.2, 0.25) is 0 Å². The van der Waals surface area contributed by atoms with E-state index in [1.807, 2.05) is 6.07 Å². The lowest BCUT2D eigenvalue weighted by Crippen LogP contribution is -1.92. The van der Waals surface area contributed by atoms with Crippen LogP contribution in [0.4, 0.5) is 0 Å². The highest BCUT2D eigenvalue weighted by Crippen LogP contribution is 2.30. The van der Waals surface area contributed by atoms with Gasteiger partial charge in [-0.1, -0.05) is 77.5 Å². The first-order chi connectivity index (χ1) is 7.81. The third-order valence-corrected chi connectivity index (χ3v) is 3.83. The summed E-state index contributed by atoms with van der Waals surface area (Å²) in [5.74, 6) is 0. The topological polar surface area (TPSA) is 0 Å². The maximum absolute atomic E-state index is 3.74. The highest BCUT2D eigenvalue weighted by atomic mass is 79.9. The van der Waals surface area contributed by atoms with E-state index < -0.39 is 0 Å². The Balaban J connectivity index is 2.24. The first-order valence-electron chi connectivity index (χ1n) is 5.59. The van der Waals surface area contributed by atoms with Crippen LogP contribution in [-0.2, 0) is 6.42 Å². The summed E-state index contributed by atoms with van der Waals surface area (Å²) in [6, 6.07) is 19.3. The molecule has 0 saturated carbocycles. The highest BCUT2D eigenvalue weighted by molar-refractivity contribution is 9.09. The second kappa shape index (κ2) is 5.31. The minimum atomic E-state index is 0.291. The first-order valence-corrected chi connectivity index (χ1v) is 6.50. The Labute approximate surface area is 105 Å². The first kappa shape index (κ1) is 11.4. The molecule has 0 aliphatic heterocycles. The lowest BCUT2D eigenvalue weighted by molar-refractivity contribution is 1.11. The van der Waals surface area contributed by atoms with Gasteiger partial charge >= 0.3 is 0 Å². The molecule has 0 amide bonds. The van der Waals surface area contributed by atoms with Gasteiger partial charge in [0.15, 0.2) is 0 Å². The van der Waals surface area contributed by atoms with Crippen LogP contribution >= 0.6 is 15.9 Å². The lowest BCUT2D eigenvalue weighted by Gasteiger charge is -2.11. The standard InChI is InChI=1S/C15H15Br/c1-2-12-8-10-14(11-9-12)15(16)13-6-4-3-5-7-13/h3-11,15H,2H2,1H3. The lowest BCUT2D eigenvalue weighted by atomic mass is 10.0. The van der Waals surface area contributed by atoms with Crippen LogP contribution in [0, 0.1) is 0 Å². The van der Waals surface area contributed by atoms with Crippen LogP contribution in [0.15, 0.2) is 54.6 Å². The molecule has 0 nitrogen and oxygen atoms in total. The quantitative estimate of drug-likeness (QED) is 0.710. The van der Waals surface area contributed by atoms with Gasteiger partial charge in [-0.25, -0.2) is 0 Å². The Morgan fingerprint density at radius 3 is 2.00 bits per heavy atom. The number of benzene rings is 2. The molecule has 82 valence electrons. The fraction of sp³-hybridized carbons (Fsp3) is 0.200. The van der Waals surface area contributed by atoms with E-state index in [4.69, 9.17) is 0 Å². The van der Waals surface area contributed by atoms with Crippen molar-refractivity contribution in [1.29, 1.82) is 0 Å². The molecule has 1 atom stereocenters. The Morgan fingerprint density at radius 2 is 1.44 bits per heavy atom. The Kier molecular flexibility index (Phi) is 3.79. The van der Waals surface area contributed by atoms with Crippen LogP contribution in [0.3, 0.4) is 0 Å². The summed E-state index contributed by atoms with van der Waals surface area (Å²) in [6.07, 6.45) is 1.10. The largest absolute Gasteiger partial charge is 0.0786 e. The second-order valence-corrected chi connectivity index (χ2v) is 4.78. The minimum Gasteiger partial charge on any atom is -0.0786 e. The third kappa shape index (κ3) is 2.53. The average molecular weight is 275 g/mol. The van der Waals surface area contributed by atoms with E-state index >= 15 is 0 Å². The van der Waals surface area contributed by atoms with Crippen molar-refractivity contribution in [1.82, 2.24) is 0 Å². The Bertz CT molecular complexity index is 431. The van der Waals surface area contributed by atoms with Gasteiger partial charge in [-0.2, -0.15) is 0 Å². The summed E-state index contributed by atoms with van der Waals surface area (Å²) < 4.78 is 0. The molecule has 2 rings (SSSR count). The second-order valence-electron chi connectivity index (χ2n) is 3.87. The van der Waals surface area contributed by atoms with Gasteiger partial charge in [-0.15, -0.1) is 0 Å². The minimum absolute atomic E-state index is 0.291. The van der Waals surface area contributed by atoms with Crippen LogP contribution in [0.25, 0.3) is 0 Å². The molecule has 0 bridgehead atoms. The number of halogens is 1. The molecule has 0 saturated heterocycles. The smallest absolute Gasteiger partial charge is 0.0644 e. The van der Waals surface area contributed by atoms with Crippen molar-refractivity contribution in [3.8, 4) is 0 Å². The van der Waals surface area contributed by atoms with Crippen LogP contribution in [0.2, 0.25) is 0 Å². The Morgan fingerprint density at radius 1 is 0.875 bits per heavy atom. The normalized spacial score (nSPS) is 12.4. The fourth-order valence-corrected chi connectivity index (χ4v) is 2.35. The number of hydrogen-bond donors (Lipinski definition) is 0. The SMILES string of the molecule is CCc1ccc(C(Br)c2ccccc2)cc1. The van der Waals surface area contributed by atoms with Crippen LogP contribution < -0.4 is 0 Å².